The summed E-state index contributed by atoms with van der Waals surface area (Å²) < 4.78 is 5.48. The highest BCUT2D eigenvalue weighted by Crippen LogP contribution is 2.34. The number of nitrogens with zero attached hydrogens (tertiary/aromatic N) is 5. The summed E-state index contributed by atoms with van der Waals surface area (Å²) in [5.74, 6) is 1.70. The standard InChI is InChI=1S/C23H31ClN6O3/c1-17(31)27-23(10-4-2-3-5-11-23)22-26-19(33-28-22)8-9-20(32)29-13-15-30(16-14-29)21-18(24)7-6-12-25-21/h6-7,12H,2-5,8-11,13-16H2,1H3,(H,27,31). The summed E-state index contributed by atoms with van der Waals surface area (Å²) in [6, 6.07) is 3.63. The SMILES string of the molecule is CC(=O)NC1(c2noc(CCC(=O)N3CCN(c4ncccc4Cl)CC3)n2)CCCCCC1. The van der Waals surface area contributed by atoms with Crippen LogP contribution in [0.15, 0.2) is 22.9 Å². The fourth-order valence-electron chi connectivity index (χ4n) is 4.77. The number of carbonyl (C=O) groups is 2. The molecule has 2 fully saturated rings. The molecular weight excluding hydrogens is 444 g/mol. The topological polar surface area (TPSA) is 104 Å². The van der Waals surface area contributed by atoms with Crippen LogP contribution in [0, 0.1) is 0 Å². The first-order valence-corrected chi connectivity index (χ1v) is 12.1. The zero-order chi connectivity index (χ0) is 23.3. The van der Waals surface area contributed by atoms with E-state index in [1.54, 1.807) is 6.20 Å². The number of halogens is 1. The van der Waals surface area contributed by atoms with Gasteiger partial charge in [0.05, 0.1) is 5.02 Å². The molecule has 178 valence electrons. The number of amides is 2. The van der Waals surface area contributed by atoms with Crippen molar-refractivity contribution < 1.29 is 14.1 Å². The number of aromatic nitrogens is 3. The highest BCUT2D eigenvalue weighted by atomic mass is 35.5. The average molecular weight is 475 g/mol. The van der Waals surface area contributed by atoms with Crippen molar-refractivity contribution in [2.45, 2.75) is 63.8 Å². The molecule has 1 aliphatic heterocycles. The highest BCUT2D eigenvalue weighted by molar-refractivity contribution is 6.32. The van der Waals surface area contributed by atoms with E-state index < -0.39 is 5.54 Å². The molecule has 1 N–H and O–H groups in total. The van der Waals surface area contributed by atoms with Gasteiger partial charge in [-0.15, -0.1) is 0 Å². The van der Waals surface area contributed by atoms with Gasteiger partial charge in [0.1, 0.15) is 11.4 Å². The first kappa shape index (κ1) is 23.5. The van der Waals surface area contributed by atoms with Gasteiger partial charge in [0.2, 0.25) is 17.7 Å². The summed E-state index contributed by atoms with van der Waals surface area (Å²) in [4.78, 5) is 37.5. The molecule has 1 saturated carbocycles. The Bertz CT molecular complexity index is 965. The fourth-order valence-corrected chi connectivity index (χ4v) is 5.02. The van der Waals surface area contributed by atoms with Crippen LogP contribution in [-0.4, -0.2) is 58.0 Å². The molecule has 10 heteroatoms. The number of nitrogens with one attached hydrogen (secondary N) is 1. The largest absolute Gasteiger partial charge is 0.352 e. The van der Waals surface area contributed by atoms with E-state index >= 15 is 0 Å². The van der Waals surface area contributed by atoms with Crippen LogP contribution < -0.4 is 10.2 Å². The Morgan fingerprint density at radius 3 is 2.55 bits per heavy atom. The predicted octanol–water partition coefficient (Wildman–Crippen LogP) is 3.09. The minimum atomic E-state index is -0.572. The Hall–Kier alpha value is -2.68. The minimum absolute atomic E-state index is 0.0626. The monoisotopic (exact) mass is 474 g/mol. The van der Waals surface area contributed by atoms with Gasteiger partial charge in [0.15, 0.2) is 5.82 Å². The lowest BCUT2D eigenvalue weighted by molar-refractivity contribution is -0.131. The van der Waals surface area contributed by atoms with E-state index in [0.29, 0.717) is 55.8 Å². The van der Waals surface area contributed by atoms with Gasteiger partial charge in [-0.05, 0) is 25.0 Å². The van der Waals surface area contributed by atoms with Gasteiger partial charge in [-0.1, -0.05) is 42.4 Å². The third-order valence-electron chi connectivity index (χ3n) is 6.49. The summed E-state index contributed by atoms with van der Waals surface area (Å²) >= 11 is 6.25. The normalized spacial score (nSPS) is 18.6. The third-order valence-corrected chi connectivity index (χ3v) is 6.79. The van der Waals surface area contributed by atoms with E-state index in [-0.39, 0.29) is 11.8 Å². The number of pyridine rings is 1. The second-order valence-electron chi connectivity index (χ2n) is 8.87. The number of anilines is 1. The summed E-state index contributed by atoms with van der Waals surface area (Å²) in [5, 5.41) is 7.90. The number of hydrogen-bond donors (Lipinski definition) is 1. The third kappa shape index (κ3) is 5.63. The molecule has 0 bridgehead atoms. The van der Waals surface area contributed by atoms with Crippen molar-refractivity contribution in [3.8, 4) is 0 Å². The van der Waals surface area contributed by atoms with Crippen molar-refractivity contribution in [3.63, 3.8) is 0 Å². The molecule has 1 aliphatic carbocycles. The van der Waals surface area contributed by atoms with Crippen LogP contribution in [0.2, 0.25) is 5.02 Å². The van der Waals surface area contributed by atoms with E-state index in [4.69, 9.17) is 16.1 Å². The first-order valence-electron chi connectivity index (χ1n) is 11.7. The van der Waals surface area contributed by atoms with Crippen molar-refractivity contribution >= 4 is 29.2 Å². The molecule has 1 saturated heterocycles. The maximum Gasteiger partial charge on any atom is 0.227 e. The molecule has 4 rings (SSSR count). The number of carbonyl (C=O) groups excluding carboxylic acids is 2. The Morgan fingerprint density at radius 1 is 1.15 bits per heavy atom. The lowest BCUT2D eigenvalue weighted by Gasteiger charge is -2.35. The molecule has 2 amide bonds. The maximum atomic E-state index is 12.8. The van der Waals surface area contributed by atoms with Crippen molar-refractivity contribution in [3.05, 3.63) is 35.1 Å². The zero-order valence-electron chi connectivity index (χ0n) is 19.1. The number of rotatable bonds is 6. The Kier molecular flexibility index (Phi) is 7.47. The molecule has 3 heterocycles. The zero-order valence-corrected chi connectivity index (χ0v) is 19.8. The second-order valence-corrected chi connectivity index (χ2v) is 9.27. The molecule has 33 heavy (non-hydrogen) atoms. The molecule has 2 aliphatic rings. The fraction of sp³-hybridized carbons (Fsp3) is 0.609. The summed E-state index contributed by atoms with van der Waals surface area (Å²) in [6.45, 7) is 4.13. The average Bonchev–Trinajstić information content (AvgIpc) is 3.17. The van der Waals surface area contributed by atoms with Crippen LogP contribution in [-0.2, 0) is 21.5 Å². The molecule has 0 aromatic carbocycles. The number of hydrogen-bond acceptors (Lipinski definition) is 7. The van der Waals surface area contributed by atoms with Gasteiger partial charge in [0, 0.05) is 52.1 Å². The minimum Gasteiger partial charge on any atom is -0.352 e. The van der Waals surface area contributed by atoms with Crippen LogP contribution in [0.1, 0.15) is 63.6 Å². The molecule has 0 unspecified atom stereocenters. The Morgan fingerprint density at radius 2 is 1.88 bits per heavy atom. The maximum absolute atomic E-state index is 12.8. The lowest BCUT2D eigenvalue weighted by Crippen LogP contribution is -2.49. The van der Waals surface area contributed by atoms with Crippen molar-refractivity contribution in [2.24, 2.45) is 0 Å². The summed E-state index contributed by atoms with van der Waals surface area (Å²) in [6.07, 6.45) is 8.32. The van der Waals surface area contributed by atoms with Crippen molar-refractivity contribution in [2.75, 3.05) is 31.1 Å². The summed E-state index contributed by atoms with van der Waals surface area (Å²) in [5.41, 5.74) is -0.572. The van der Waals surface area contributed by atoms with Gasteiger partial charge in [-0.2, -0.15) is 4.98 Å². The number of aryl methyl sites for hydroxylation is 1. The van der Waals surface area contributed by atoms with E-state index in [2.05, 4.69) is 25.3 Å². The molecular formula is C23H31ClN6O3. The van der Waals surface area contributed by atoms with E-state index in [1.165, 1.54) is 6.92 Å². The molecule has 2 aromatic heterocycles. The Balaban J connectivity index is 1.32. The van der Waals surface area contributed by atoms with Gasteiger partial charge < -0.3 is 19.6 Å². The summed E-state index contributed by atoms with van der Waals surface area (Å²) in [7, 11) is 0. The van der Waals surface area contributed by atoms with Gasteiger partial charge >= 0.3 is 0 Å². The molecule has 0 radical (unpaired) electrons. The van der Waals surface area contributed by atoms with E-state index in [0.717, 1.165) is 44.3 Å². The number of piperazine rings is 1. The van der Waals surface area contributed by atoms with Crippen LogP contribution >= 0.6 is 11.6 Å². The second kappa shape index (κ2) is 10.5. The Labute approximate surface area is 198 Å². The lowest BCUT2D eigenvalue weighted by atomic mass is 9.89. The molecule has 2 aromatic rings. The van der Waals surface area contributed by atoms with Gasteiger partial charge in [-0.3, -0.25) is 9.59 Å². The quantitative estimate of drug-likeness (QED) is 0.641. The van der Waals surface area contributed by atoms with Crippen molar-refractivity contribution in [1.82, 2.24) is 25.3 Å². The van der Waals surface area contributed by atoms with Crippen LogP contribution in [0.3, 0.4) is 0 Å². The highest BCUT2D eigenvalue weighted by Gasteiger charge is 2.38. The van der Waals surface area contributed by atoms with Crippen LogP contribution in [0.5, 0.6) is 0 Å². The van der Waals surface area contributed by atoms with Crippen molar-refractivity contribution in [1.29, 1.82) is 0 Å². The van der Waals surface area contributed by atoms with Crippen LogP contribution in [0.4, 0.5) is 5.82 Å². The van der Waals surface area contributed by atoms with Gasteiger partial charge in [0.25, 0.3) is 0 Å². The predicted molar refractivity (Wildman–Crippen MR) is 124 cm³/mol. The molecule has 0 spiro atoms. The first-order chi connectivity index (χ1) is 16.0. The van der Waals surface area contributed by atoms with Gasteiger partial charge in [-0.25, -0.2) is 4.98 Å². The van der Waals surface area contributed by atoms with E-state index in [1.807, 2.05) is 17.0 Å². The molecule has 9 nitrogen and oxygen atoms in total. The van der Waals surface area contributed by atoms with Crippen LogP contribution in [0.25, 0.3) is 0 Å². The van der Waals surface area contributed by atoms with E-state index in [9.17, 15) is 9.59 Å². The molecule has 0 atom stereocenters. The smallest absolute Gasteiger partial charge is 0.227 e.